The number of hydrogen-bond acceptors (Lipinski definition) is 4. The molecule has 0 saturated carbocycles. The molecule has 86 valence electrons. The van der Waals surface area contributed by atoms with E-state index in [0.717, 1.165) is 5.56 Å². The Hall–Kier alpha value is -1.55. The SMILES string of the molecule is COC(=O)C(C=O)Oc1ccc(Cl)cc1C. The minimum Gasteiger partial charge on any atom is -0.471 e. The number of benzene rings is 1. The number of rotatable bonds is 4. The number of carbonyl (C=O) groups excluding carboxylic acids is 2. The molecule has 4 nitrogen and oxygen atoms in total. The van der Waals surface area contributed by atoms with Gasteiger partial charge in [-0.2, -0.15) is 0 Å². The summed E-state index contributed by atoms with van der Waals surface area (Å²) in [5, 5.41) is 0.561. The van der Waals surface area contributed by atoms with Crippen LogP contribution < -0.4 is 4.74 Å². The zero-order chi connectivity index (χ0) is 12.1. The Morgan fingerprint density at radius 2 is 2.19 bits per heavy atom. The lowest BCUT2D eigenvalue weighted by molar-refractivity contribution is -0.150. The maximum Gasteiger partial charge on any atom is 0.354 e. The molecular formula is C11H11ClO4. The predicted molar refractivity (Wildman–Crippen MR) is 58.7 cm³/mol. The van der Waals surface area contributed by atoms with Crippen LogP contribution in [0.4, 0.5) is 0 Å². The molecule has 1 unspecified atom stereocenters. The molecule has 0 aliphatic rings. The van der Waals surface area contributed by atoms with E-state index < -0.39 is 12.1 Å². The maximum absolute atomic E-state index is 11.1. The van der Waals surface area contributed by atoms with Crippen molar-refractivity contribution < 1.29 is 19.1 Å². The van der Waals surface area contributed by atoms with Crippen molar-refractivity contribution >= 4 is 23.9 Å². The van der Waals surface area contributed by atoms with Gasteiger partial charge in [-0.25, -0.2) is 4.79 Å². The van der Waals surface area contributed by atoms with Gasteiger partial charge in [0.1, 0.15) is 5.75 Å². The molecule has 0 amide bonds. The zero-order valence-electron chi connectivity index (χ0n) is 8.90. The molecule has 1 atom stereocenters. The summed E-state index contributed by atoms with van der Waals surface area (Å²) in [6, 6.07) is 4.89. The smallest absolute Gasteiger partial charge is 0.354 e. The number of halogens is 1. The summed E-state index contributed by atoms with van der Waals surface area (Å²) in [7, 11) is 1.19. The molecule has 0 saturated heterocycles. The Labute approximate surface area is 98.1 Å². The van der Waals surface area contributed by atoms with Crippen molar-refractivity contribution in [1.29, 1.82) is 0 Å². The fourth-order valence-electron chi connectivity index (χ4n) is 1.13. The molecular weight excluding hydrogens is 232 g/mol. The Bertz CT molecular complexity index is 403. The molecule has 0 radical (unpaired) electrons. The topological polar surface area (TPSA) is 52.6 Å². The van der Waals surface area contributed by atoms with Crippen LogP contribution in [0.2, 0.25) is 5.02 Å². The van der Waals surface area contributed by atoms with Crippen LogP contribution in [0.25, 0.3) is 0 Å². The molecule has 0 bridgehead atoms. The number of ether oxygens (including phenoxy) is 2. The van der Waals surface area contributed by atoms with Crippen molar-refractivity contribution in [2.24, 2.45) is 0 Å². The van der Waals surface area contributed by atoms with Crippen LogP contribution in [0.3, 0.4) is 0 Å². The first-order valence-electron chi connectivity index (χ1n) is 4.54. The van der Waals surface area contributed by atoms with E-state index >= 15 is 0 Å². The second-order valence-electron chi connectivity index (χ2n) is 3.11. The van der Waals surface area contributed by atoms with E-state index in [9.17, 15) is 9.59 Å². The van der Waals surface area contributed by atoms with Crippen molar-refractivity contribution in [2.45, 2.75) is 13.0 Å². The van der Waals surface area contributed by atoms with Crippen molar-refractivity contribution in [3.63, 3.8) is 0 Å². The van der Waals surface area contributed by atoms with Crippen molar-refractivity contribution in [3.8, 4) is 5.75 Å². The van der Waals surface area contributed by atoms with Gasteiger partial charge in [0.05, 0.1) is 7.11 Å². The molecule has 16 heavy (non-hydrogen) atoms. The van der Waals surface area contributed by atoms with Gasteiger partial charge in [-0.1, -0.05) is 11.6 Å². The molecule has 1 aromatic rings. The summed E-state index contributed by atoms with van der Waals surface area (Å²) >= 11 is 5.76. The summed E-state index contributed by atoms with van der Waals surface area (Å²) < 4.78 is 9.62. The van der Waals surface area contributed by atoms with Crippen LogP contribution in [0.5, 0.6) is 5.75 Å². The zero-order valence-corrected chi connectivity index (χ0v) is 9.65. The number of aryl methyl sites for hydroxylation is 1. The van der Waals surface area contributed by atoms with Crippen LogP contribution in [0, 0.1) is 6.92 Å². The molecule has 0 N–H and O–H groups in total. The quantitative estimate of drug-likeness (QED) is 0.459. The highest BCUT2D eigenvalue weighted by Gasteiger charge is 2.20. The largest absolute Gasteiger partial charge is 0.471 e. The monoisotopic (exact) mass is 242 g/mol. The van der Waals surface area contributed by atoms with Gasteiger partial charge in [-0.05, 0) is 30.7 Å². The fraction of sp³-hybridized carbons (Fsp3) is 0.273. The van der Waals surface area contributed by atoms with E-state index in [0.29, 0.717) is 17.1 Å². The fourth-order valence-corrected chi connectivity index (χ4v) is 1.36. The molecule has 0 spiro atoms. The third kappa shape index (κ3) is 2.97. The minimum atomic E-state index is -1.25. The molecule has 1 aromatic carbocycles. The number of carbonyl (C=O) groups is 2. The van der Waals surface area contributed by atoms with Gasteiger partial charge >= 0.3 is 5.97 Å². The van der Waals surface area contributed by atoms with Gasteiger partial charge < -0.3 is 9.47 Å². The predicted octanol–water partition coefficient (Wildman–Crippen LogP) is 1.77. The van der Waals surface area contributed by atoms with E-state index in [1.165, 1.54) is 7.11 Å². The van der Waals surface area contributed by atoms with E-state index in [1.807, 2.05) is 0 Å². The van der Waals surface area contributed by atoms with Crippen LogP contribution in [0.15, 0.2) is 18.2 Å². The lowest BCUT2D eigenvalue weighted by Gasteiger charge is -2.13. The van der Waals surface area contributed by atoms with Gasteiger partial charge in [0, 0.05) is 5.02 Å². The Kier molecular flexibility index (Phi) is 4.31. The van der Waals surface area contributed by atoms with E-state index in [1.54, 1.807) is 25.1 Å². The standard InChI is InChI=1S/C11H11ClO4/c1-7-5-8(12)3-4-9(7)16-10(6-13)11(14)15-2/h3-6,10H,1-2H3. The number of hydrogen-bond donors (Lipinski definition) is 0. The van der Waals surface area contributed by atoms with Gasteiger partial charge in [0.2, 0.25) is 6.10 Å². The van der Waals surface area contributed by atoms with Gasteiger partial charge in [0.15, 0.2) is 6.29 Å². The average molecular weight is 243 g/mol. The number of aldehydes is 1. The molecule has 1 rings (SSSR count). The third-order valence-corrected chi connectivity index (χ3v) is 2.18. The van der Waals surface area contributed by atoms with E-state index in [2.05, 4.69) is 4.74 Å². The lowest BCUT2D eigenvalue weighted by atomic mass is 10.2. The first kappa shape index (κ1) is 12.5. The van der Waals surface area contributed by atoms with Crippen LogP contribution in [-0.2, 0) is 14.3 Å². The lowest BCUT2D eigenvalue weighted by Crippen LogP contribution is -2.30. The molecule has 0 aliphatic heterocycles. The molecule has 5 heteroatoms. The highest BCUT2D eigenvalue weighted by molar-refractivity contribution is 6.30. The van der Waals surface area contributed by atoms with Crippen molar-refractivity contribution in [2.75, 3.05) is 7.11 Å². The first-order valence-corrected chi connectivity index (χ1v) is 4.92. The van der Waals surface area contributed by atoms with Gasteiger partial charge in [-0.3, -0.25) is 4.79 Å². The van der Waals surface area contributed by atoms with E-state index in [-0.39, 0.29) is 0 Å². The van der Waals surface area contributed by atoms with E-state index in [4.69, 9.17) is 16.3 Å². The van der Waals surface area contributed by atoms with Crippen molar-refractivity contribution in [3.05, 3.63) is 28.8 Å². The molecule has 0 fully saturated rings. The Morgan fingerprint density at radius 3 is 2.69 bits per heavy atom. The summed E-state index contributed by atoms with van der Waals surface area (Å²) in [5.74, 6) is -0.309. The van der Waals surface area contributed by atoms with Gasteiger partial charge in [-0.15, -0.1) is 0 Å². The van der Waals surface area contributed by atoms with Crippen molar-refractivity contribution in [1.82, 2.24) is 0 Å². The summed E-state index contributed by atoms with van der Waals surface area (Å²) in [6.45, 7) is 1.76. The molecule has 0 aliphatic carbocycles. The Balaban J connectivity index is 2.86. The Morgan fingerprint density at radius 1 is 1.50 bits per heavy atom. The first-order chi connectivity index (χ1) is 7.58. The van der Waals surface area contributed by atoms with Crippen LogP contribution >= 0.6 is 11.6 Å². The maximum atomic E-state index is 11.1. The number of methoxy groups -OCH3 is 1. The minimum absolute atomic E-state index is 0.389. The van der Waals surface area contributed by atoms with Crippen LogP contribution in [-0.4, -0.2) is 25.5 Å². The second kappa shape index (κ2) is 5.51. The summed E-state index contributed by atoms with van der Waals surface area (Å²) in [4.78, 5) is 21.8. The number of esters is 1. The van der Waals surface area contributed by atoms with Crippen LogP contribution in [0.1, 0.15) is 5.56 Å². The summed E-state index contributed by atoms with van der Waals surface area (Å²) in [6.07, 6.45) is -0.857. The molecule has 0 heterocycles. The molecule has 0 aromatic heterocycles. The average Bonchev–Trinajstić information content (AvgIpc) is 2.27. The highest BCUT2D eigenvalue weighted by atomic mass is 35.5. The third-order valence-electron chi connectivity index (χ3n) is 1.95. The highest BCUT2D eigenvalue weighted by Crippen LogP contribution is 2.22. The summed E-state index contributed by atoms with van der Waals surface area (Å²) in [5.41, 5.74) is 0.739. The normalized spacial score (nSPS) is 11.7. The second-order valence-corrected chi connectivity index (χ2v) is 3.54. The van der Waals surface area contributed by atoms with Gasteiger partial charge in [0.25, 0.3) is 0 Å².